The summed E-state index contributed by atoms with van der Waals surface area (Å²) in [6.07, 6.45) is 10.3. The predicted octanol–water partition coefficient (Wildman–Crippen LogP) is 4.64. The lowest BCUT2D eigenvalue weighted by atomic mass is 9.78. The van der Waals surface area contributed by atoms with Crippen molar-refractivity contribution in [2.75, 3.05) is 0 Å². The van der Waals surface area contributed by atoms with E-state index >= 15 is 0 Å². The third kappa shape index (κ3) is 3.70. The molecule has 3 unspecified atom stereocenters. The fourth-order valence-corrected chi connectivity index (χ4v) is 2.83. The fraction of sp³-hybridized carbons (Fsp3) is 1.00. The van der Waals surface area contributed by atoms with Gasteiger partial charge in [0.25, 0.3) is 0 Å². The van der Waals surface area contributed by atoms with E-state index in [-0.39, 0.29) is 0 Å². The van der Waals surface area contributed by atoms with E-state index in [1.165, 1.54) is 44.9 Å². The molecule has 0 radical (unpaired) electrons. The van der Waals surface area contributed by atoms with Gasteiger partial charge in [0, 0.05) is 0 Å². The van der Waals surface area contributed by atoms with Gasteiger partial charge in [-0.15, -0.1) is 0 Å². The highest BCUT2D eigenvalue weighted by molar-refractivity contribution is 4.71. The van der Waals surface area contributed by atoms with Crippen LogP contribution in [0.1, 0.15) is 65.7 Å². The van der Waals surface area contributed by atoms with Crippen molar-refractivity contribution in [3.63, 3.8) is 0 Å². The SMILES string of the molecule is CCC1CCCC(C)CC(CC)C1. The van der Waals surface area contributed by atoms with Gasteiger partial charge in [-0.25, -0.2) is 0 Å². The van der Waals surface area contributed by atoms with E-state index in [1.807, 2.05) is 0 Å². The Morgan fingerprint density at radius 2 is 1.62 bits per heavy atom. The molecule has 0 aliphatic heterocycles. The summed E-state index contributed by atoms with van der Waals surface area (Å²) in [6.45, 7) is 7.17. The molecule has 0 aromatic carbocycles. The lowest BCUT2D eigenvalue weighted by molar-refractivity contribution is 0.245. The Bertz CT molecular complexity index is 128. The number of rotatable bonds is 2. The zero-order chi connectivity index (χ0) is 9.68. The van der Waals surface area contributed by atoms with E-state index in [9.17, 15) is 0 Å². The standard InChI is InChI=1S/C13H26/c1-4-12-8-6-7-11(3)9-13(5-2)10-12/h11-13H,4-10H2,1-3H3. The molecule has 0 amide bonds. The summed E-state index contributed by atoms with van der Waals surface area (Å²) >= 11 is 0. The Labute approximate surface area is 84.1 Å². The first-order valence-electron chi connectivity index (χ1n) is 6.26. The summed E-state index contributed by atoms with van der Waals surface area (Å²) < 4.78 is 0. The van der Waals surface area contributed by atoms with E-state index in [4.69, 9.17) is 0 Å². The molecule has 78 valence electrons. The molecular weight excluding hydrogens is 156 g/mol. The van der Waals surface area contributed by atoms with Crippen molar-refractivity contribution >= 4 is 0 Å². The monoisotopic (exact) mass is 182 g/mol. The van der Waals surface area contributed by atoms with Gasteiger partial charge in [-0.05, 0) is 30.6 Å². The predicted molar refractivity (Wildman–Crippen MR) is 59.8 cm³/mol. The summed E-state index contributed by atoms with van der Waals surface area (Å²) in [5.74, 6) is 3.06. The van der Waals surface area contributed by atoms with Crippen LogP contribution in [0, 0.1) is 17.8 Å². The van der Waals surface area contributed by atoms with Crippen LogP contribution in [-0.2, 0) is 0 Å². The summed E-state index contributed by atoms with van der Waals surface area (Å²) in [5, 5.41) is 0. The normalized spacial score (nSPS) is 36.7. The van der Waals surface area contributed by atoms with Gasteiger partial charge in [0.05, 0.1) is 0 Å². The van der Waals surface area contributed by atoms with Gasteiger partial charge in [-0.1, -0.05) is 52.9 Å². The first-order valence-corrected chi connectivity index (χ1v) is 6.26. The van der Waals surface area contributed by atoms with Gasteiger partial charge in [0.15, 0.2) is 0 Å². The molecule has 1 fully saturated rings. The van der Waals surface area contributed by atoms with Crippen molar-refractivity contribution in [3.8, 4) is 0 Å². The van der Waals surface area contributed by atoms with Crippen molar-refractivity contribution in [2.45, 2.75) is 65.7 Å². The lowest BCUT2D eigenvalue weighted by Gasteiger charge is -2.28. The smallest absolute Gasteiger partial charge is 0.0412 e. The lowest BCUT2D eigenvalue weighted by Crippen LogP contribution is -2.15. The molecule has 0 heterocycles. The zero-order valence-corrected chi connectivity index (χ0v) is 9.68. The van der Waals surface area contributed by atoms with Gasteiger partial charge in [-0.3, -0.25) is 0 Å². The van der Waals surface area contributed by atoms with Gasteiger partial charge in [0.1, 0.15) is 0 Å². The summed E-state index contributed by atoms with van der Waals surface area (Å²) in [5.41, 5.74) is 0. The topological polar surface area (TPSA) is 0 Å². The minimum absolute atomic E-state index is 0.989. The maximum Gasteiger partial charge on any atom is -0.0412 e. The summed E-state index contributed by atoms with van der Waals surface area (Å²) in [4.78, 5) is 0. The van der Waals surface area contributed by atoms with Gasteiger partial charge in [-0.2, -0.15) is 0 Å². The van der Waals surface area contributed by atoms with Crippen molar-refractivity contribution in [2.24, 2.45) is 17.8 Å². The van der Waals surface area contributed by atoms with E-state index < -0.39 is 0 Å². The van der Waals surface area contributed by atoms with Crippen LogP contribution < -0.4 is 0 Å². The summed E-state index contributed by atoms with van der Waals surface area (Å²) in [7, 11) is 0. The first kappa shape index (κ1) is 11.1. The van der Waals surface area contributed by atoms with Crippen LogP contribution in [0.5, 0.6) is 0 Å². The van der Waals surface area contributed by atoms with Crippen molar-refractivity contribution in [1.82, 2.24) is 0 Å². The highest BCUT2D eigenvalue weighted by atomic mass is 14.2. The summed E-state index contributed by atoms with van der Waals surface area (Å²) in [6, 6.07) is 0. The first-order chi connectivity index (χ1) is 6.26. The molecule has 0 N–H and O–H groups in total. The molecule has 13 heavy (non-hydrogen) atoms. The van der Waals surface area contributed by atoms with Gasteiger partial charge in [0.2, 0.25) is 0 Å². The fourth-order valence-electron chi connectivity index (χ4n) is 2.83. The molecule has 0 bridgehead atoms. The molecule has 1 saturated carbocycles. The quantitative estimate of drug-likeness (QED) is 0.583. The Balaban J connectivity index is 2.42. The van der Waals surface area contributed by atoms with Crippen LogP contribution in [0.15, 0.2) is 0 Å². The molecule has 0 spiro atoms. The van der Waals surface area contributed by atoms with E-state index in [0.717, 1.165) is 17.8 Å². The molecule has 0 saturated heterocycles. The van der Waals surface area contributed by atoms with Crippen molar-refractivity contribution in [3.05, 3.63) is 0 Å². The Kier molecular flexibility index (Phi) is 4.83. The minimum Gasteiger partial charge on any atom is -0.0651 e. The third-order valence-electron chi connectivity index (χ3n) is 3.87. The average molecular weight is 182 g/mol. The van der Waals surface area contributed by atoms with E-state index in [1.54, 1.807) is 0 Å². The van der Waals surface area contributed by atoms with Crippen LogP contribution in [-0.4, -0.2) is 0 Å². The molecular formula is C13H26. The molecule has 3 atom stereocenters. The van der Waals surface area contributed by atoms with Crippen LogP contribution in [0.2, 0.25) is 0 Å². The highest BCUT2D eigenvalue weighted by Gasteiger charge is 2.19. The third-order valence-corrected chi connectivity index (χ3v) is 3.87. The molecule has 1 aliphatic rings. The van der Waals surface area contributed by atoms with E-state index in [2.05, 4.69) is 20.8 Å². The zero-order valence-electron chi connectivity index (χ0n) is 9.68. The second kappa shape index (κ2) is 5.67. The second-order valence-electron chi connectivity index (χ2n) is 5.06. The van der Waals surface area contributed by atoms with Crippen molar-refractivity contribution < 1.29 is 0 Å². The Morgan fingerprint density at radius 1 is 0.923 bits per heavy atom. The molecule has 0 aromatic rings. The molecule has 1 rings (SSSR count). The molecule has 0 nitrogen and oxygen atoms in total. The van der Waals surface area contributed by atoms with Gasteiger partial charge < -0.3 is 0 Å². The van der Waals surface area contributed by atoms with Crippen LogP contribution in [0.4, 0.5) is 0 Å². The second-order valence-corrected chi connectivity index (χ2v) is 5.06. The van der Waals surface area contributed by atoms with Crippen LogP contribution in [0.25, 0.3) is 0 Å². The minimum atomic E-state index is 0.989. The Hall–Kier alpha value is 0. The molecule has 0 heteroatoms. The van der Waals surface area contributed by atoms with Gasteiger partial charge >= 0.3 is 0 Å². The molecule has 0 aromatic heterocycles. The number of hydrogen-bond acceptors (Lipinski definition) is 0. The average Bonchev–Trinajstić information content (AvgIpc) is 2.10. The van der Waals surface area contributed by atoms with E-state index in [0.29, 0.717) is 0 Å². The largest absolute Gasteiger partial charge is 0.0651 e. The van der Waals surface area contributed by atoms with Crippen LogP contribution >= 0.6 is 0 Å². The number of hydrogen-bond donors (Lipinski definition) is 0. The molecule has 1 aliphatic carbocycles. The highest BCUT2D eigenvalue weighted by Crippen LogP contribution is 2.32. The van der Waals surface area contributed by atoms with Crippen LogP contribution in [0.3, 0.4) is 0 Å². The Morgan fingerprint density at radius 3 is 2.23 bits per heavy atom. The van der Waals surface area contributed by atoms with Crippen molar-refractivity contribution in [1.29, 1.82) is 0 Å². The maximum absolute atomic E-state index is 2.44. The maximum atomic E-state index is 2.44.